The number of benzene rings is 1. The second-order valence-corrected chi connectivity index (χ2v) is 5.42. The van der Waals surface area contributed by atoms with Crippen LogP contribution in [0.2, 0.25) is 0 Å². The summed E-state index contributed by atoms with van der Waals surface area (Å²) in [7, 11) is 4.64. The molecule has 0 saturated carbocycles. The molecule has 0 fully saturated rings. The Kier molecular flexibility index (Phi) is 4.15. The minimum atomic E-state index is -0.498. The summed E-state index contributed by atoms with van der Waals surface area (Å²) in [5, 5.41) is 16.5. The third-order valence-corrected chi connectivity index (χ3v) is 4.17. The van der Waals surface area contributed by atoms with Crippen molar-refractivity contribution in [2.75, 3.05) is 27.1 Å². The highest BCUT2D eigenvalue weighted by molar-refractivity contribution is 5.65. The van der Waals surface area contributed by atoms with Gasteiger partial charge in [-0.25, -0.2) is 0 Å². The fraction of sp³-hybridized carbons (Fsp3) is 0.294. The van der Waals surface area contributed by atoms with Gasteiger partial charge in [-0.2, -0.15) is 5.26 Å². The van der Waals surface area contributed by atoms with E-state index in [2.05, 4.69) is 16.3 Å². The van der Waals surface area contributed by atoms with E-state index in [-0.39, 0.29) is 0 Å². The van der Waals surface area contributed by atoms with Gasteiger partial charge in [0.25, 0.3) is 0 Å². The van der Waals surface area contributed by atoms with Crippen LogP contribution in [0.25, 0.3) is 0 Å². The third kappa shape index (κ3) is 2.50. The zero-order valence-electron chi connectivity index (χ0n) is 14.3. The molecule has 0 radical (unpaired) electrons. The summed E-state index contributed by atoms with van der Waals surface area (Å²) in [4.78, 5) is 0. The molecule has 1 aliphatic rings. The van der Waals surface area contributed by atoms with Crippen LogP contribution >= 0.6 is 0 Å². The number of allylic oxidation sites excluding steroid dienone is 2. The lowest BCUT2D eigenvalue weighted by atomic mass is 9.83. The van der Waals surface area contributed by atoms with Crippen LogP contribution < -0.4 is 24.7 Å². The Hall–Kier alpha value is -3.34. The van der Waals surface area contributed by atoms with E-state index in [1.165, 1.54) is 0 Å². The van der Waals surface area contributed by atoms with Gasteiger partial charge in [-0.3, -0.25) is 5.10 Å². The number of aromatic nitrogens is 2. The van der Waals surface area contributed by atoms with E-state index in [1.54, 1.807) is 40.4 Å². The van der Waals surface area contributed by atoms with Crippen LogP contribution in [0, 0.1) is 11.3 Å². The van der Waals surface area contributed by atoms with E-state index >= 15 is 0 Å². The van der Waals surface area contributed by atoms with Crippen molar-refractivity contribution >= 4 is 5.82 Å². The molecule has 2 heterocycles. The molecule has 1 unspecified atom stereocenters. The van der Waals surface area contributed by atoms with Crippen LogP contribution in [-0.2, 0) is 0 Å². The number of fused-ring (bicyclic) bond motifs is 1. The number of nitriles is 1. The minimum absolute atomic E-state index is 0.331. The van der Waals surface area contributed by atoms with Crippen LogP contribution in [0.15, 0.2) is 23.5 Å². The fourth-order valence-corrected chi connectivity index (χ4v) is 2.98. The minimum Gasteiger partial charge on any atom is -0.496 e. The topological polar surface area (TPSA) is 115 Å². The Balaban J connectivity index is 2.30. The number of nitrogens with zero attached hydrogens (tertiary/aromatic N) is 2. The summed E-state index contributed by atoms with van der Waals surface area (Å²) in [6, 6.07) is 5.69. The first kappa shape index (κ1) is 16.5. The molecule has 1 atom stereocenters. The molecule has 2 aromatic rings. The number of hydrogen-bond donors (Lipinski definition) is 2. The number of nitrogens with one attached hydrogen (secondary N) is 1. The molecule has 3 N–H and O–H groups in total. The number of nitrogens with two attached hydrogens (primary N) is 1. The van der Waals surface area contributed by atoms with Gasteiger partial charge in [0, 0.05) is 11.6 Å². The highest BCUT2D eigenvalue weighted by atomic mass is 16.5. The van der Waals surface area contributed by atoms with Gasteiger partial charge < -0.3 is 24.7 Å². The zero-order chi connectivity index (χ0) is 18.1. The van der Waals surface area contributed by atoms with Gasteiger partial charge in [0.05, 0.1) is 44.5 Å². The number of methoxy groups -OCH3 is 3. The Bertz CT molecular complexity index is 895. The van der Waals surface area contributed by atoms with Gasteiger partial charge in [-0.15, -0.1) is 5.10 Å². The Labute approximate surface area is 144 Å². The van der Waals surface area contributed by atoms with E-state index in [4.69, 9.17) is 24.7 Å². The van der Waals surface area contributed by atoms with Crippen LogP contribution in [-0.4, -0.2) is 31.5 Å². The van der Waals surface area contributed by atoms with Gasteiger partial charge >= 0.3 is 0 Å². The van der Waals surface area contributed by atoms with Gasteiger partial charge in [-0.05, 0) is 13.0 Å². The van der Waals surface area contributed by atoms with Gasteiger partial charge in [0.1, 0.15) is 17.3 Å². The Morgan fingerprint density at radius 1 is 1.16 bits per heavy atom. The highest BCUT2D eigenvalue weighted by Crippen LogP contribution is 2.49. The summed E-state index contributed by atoms with van der Waals surface area (Å²) >= 11 is 0. The molecular weight excluding hydrogens is 324 g/mol. The number of hydrogen-bond acceptors (Lipinski definition) is 7. The van der Waals surface area contributed by atoms with E-state index in [0.717, 1.165) is 0 Å². The van der Waals surface area contributed by atoms with E-state index < -0.39 is 5.92 Å². The molecule has 8 heteroatoms. The van der Waals surface area contributed by atoms with Crippen LogP contribution in [0.4, 0.5) is 5.82 Å². The van der Waals surface area contributed by atoms with Crippen LogP contribution in [0.1, 0.15) is 24.0 Å². The standard InChI is InChI=1S/C17H18N4O4/c1-8-10(7-18)14(15-16(19)20-21-17(15)25-8)9-5-12(23-3)13(24-4)6-11(9)22-2/h5-6,14H,1-4H3,(H3,19,20,21). The number of nitrogen functional groups attached to an aromatic ring is 1. The lowest BCUT2D eigenvalue weighted by Gasteiger charge is -2.26. The smallest absolute Gasteiger partial charge is 0.244 e. The average molecular weight is 342 g/mol. The highest BCUT2D eigenvalue weighted by Gasteiger charge is 2.36. The maximum absolute atomic E-state index is 9.68. The SMILES string of the molecule is COc1cc(OC)c(C2C(C#N)=C(C)Oc3n[nH]c(N)c32)cc1OC. The molecule has 1 aliphatic heterocycles. The molecule has 0 spiro atoms. The van der Waals surface area contributed by atoms with E-state index in [9.17, 15) is 5.26 Å². The number of anilines is 1. The average Bonchev–Trinajstić information content (AvgIpc) is 2.99. The number of ether oxygens (including phenoxy) is 4. The Morgan fingerprint density at radius 3 is 2.40 bits per heavy atom. The molecule has 1 aromatic heterocycles. The van der Waals surface area contributed by atoms with Crippen molar-refractivity contribution in [2.45, 2.75) is 12.8 Å². The zero-order valence-corrected chi connectivity index (χ0v) is 14.3. The second-order valence-electron chi connectivity index (χ2n) is 5.42. The summed E-state index contributed by atoms with van der Waals surface area (Å²) < 4.78 is 21.9. The predicted octanol–water partition coefficient (Wildman–Crippen LogP) is 2.34. The second kappa shape index (κ2) is 6.28. The number of H-pyrrole nitrogens is 1. The van der Waals surface area contributed by atoms with E-state index in [0.29, 0.717) is 51.4 Å². The molecule has 0 bridgehead atoms. The molecule has 0 saturated heterocycles. The largest absolute Gasteiger partial charge is 0.496 e. The molecular formula is C17H18N4O4. The summed E-state index contributed by atoms with van der Waals surface area (Å²) in [6.07, 6.45) is 0. The maximum atomic E-state index is 9.68. The first-order valence-corrected chi connectivity index (χ1v) is 7.48. The third-order valence-electron chi connectivity index (χ3n) is 4.17. The van der Waals surface area contributed by atoms with Crippen LogP contribution in [0.5, 0.6) is 23.1 Å². The maximum Gasteiger partial charge on any atom is 0.244 e. The fourth-order valence-electron chi connectivity index (χ4n) is 2.98. The van der Waals surface area contributed by atoms with E-state index in [1.807, 2.05) is 0 Å². The summed E-state index contributed by atoms with van der Waals surface area (Å²) in [6.45, 7) is 1.71. The van der Waals surface area contributed by atoms with Gasteiger partial charge in [0.2, 0.25) is 5.88 Å². The van der Waals surface area contributed by atoms with Crippen molar-refractivity contribution < 1.29 is 18.9 Å². The predicted molar refractivity (Wildman–Crippen MR) is 89.9 cm³/mol. The quantitative estimate of drug-likeness (QED) is 0.876. The number of aromatic amines is 1. The van der Waals surface area contributed by atoms with Crippen molar-refractivity contribution in [3.8, 4) is 29.2 Å². The molecule has 0 amide bonds. The lowest BCUT2D eigenvalue weighted by molar-refractivity contribution is 0.346. The van der Waals surface area contributed by atoms with Gasteiger partial charge in [-0.1, -0.05) is 0 Å². The normalized spacial score (nSPS) is 15.9. The summed E-state index contributed by atoms with van der Waals surface area (Å²) in [5.41, 5.74) is 7.76. The van der Waals surface area contributed by atoms with Gasteiger partial charge in [0.15, 0.2) is 11.5 Å². The first-order valence-electron chi connectivity index (χ1n) is 7.48. The first-order chi connectivity index (χ1) is 12.0. The molecule has 1 aromatic carbocycles. The monoisotopic (exact) mass is 342 g/mol. The van der Waals surface area contributed by atoms with Crippen molar-refractivity contribution in [1.82, 2.24) is 10.2 Å². The lowest BCUT2D eigenvalue weighted by Crippen LogP contribution is -2.16. The molecule has 0 aliphatic carbocycles. The van der Waals surface area contributed by atoms with Crippen molar-refractivity contribution in [3.63, 3.8) is 0 Å². The van der Waals surface area contributed by atoms with Crippen LogP contribution in [0.3, 0.4) is 0 Å². The molecule has 8 nitrogen and oxygen atoms in total. The molecule has 25 heavy (non-hydrogen) atoms. The summed E-state index contributed by atoms with van der Waals surface area (Å²) in [5.74, 6) is 2.22. The molecule has 3 rings (SSSR count). The van der Waals surface area contributed by atoms with Crippen molar-refractivity contribution in [3.05, 3.63) is 34.6 Å². The van der Waals surface area contributed by atoms with Crippen molar-refractivity contribution in [2.24, 2.45) is 0 Å². The number of rotatable bonds is 4. The molecule has 130 valence electrons. The van der Waals surface area contributed by atoms with Crippen molar-refractivity contribution in [1.29, 1.82) is 5.26 Å². The Morgan fingerprint density at radius 2 is 1.80 bits per heavy atom.